The van der Waals surface area contributed by atoms with Crippen molar-refractivity contribution in [3.05, 3.63) is 107 Å². The molecule has 0 aliphatic carbocycles. The van der Waals surface area contributed by atoms with Crippen LogP contribution >= 0.6 is 11.6 Å². The number of rotatable bonds is 7. The first-order valence-electron chi connectivity index (χ1n) is 9.71. The van der Waals surface area contributed by atoms with Gasteiger partial charge in [-0.05, 0) is 30.2 Å². The number of nitrogens with zero attached hydrogens (tertiary/aromatic N) is 3. The molecule has 1 atom stereocenters. The summed E-state index contributed by atoms with van der Waals surface area (Å²) in [5.74, 6) is 0. The lowest BCUT2D eigenvalue weighted by Gasteiger charge is -2.13. The van der Waals surface area contributed by atoms with E-state index in [2.05, 4.69) is 48.6 Å². The average molecular weight is 403 g/mol. The van der Waals surface area contributed by atoms with E-state index in [9.17, 15) is 0 Å². The first kappa shape index (κ1) is 19.4. The molecule has 0 saturated carbocycles. The Hall–Kier alpha value is -2.95. The predicted molar refractivity (Wildman–Crippen MR) is 118 cm³/mol. The third-order valence-corrected chi connectivity index (χ3v) is 5.14. The maximum Gasteiger partial charge on any atom is 0.117 e. The summed E-state index contributed by atoms with van der Waals surface area (Å²) in [4.78, 5) is 1.76. The molecule has 5 heteroatoms. The van der Waals surface area contributed by atoms with Crippen molar-refractivity contribution in [3.8, 4) is 11.3 Å². The second kappa shape index (κ2) is 9.03. The van der Waals surface area contributed by atoms with Crippen LogP contribution in [0.2, 0.25) is 5.02 Å². The van der Waals surface area contributed by atoms with Crippen LogP contribution in [0.1, 0.15) is 29.8 Å². The molecule has 0 aliphatic rings. The second-order valence-electron chi connectivity index (χ2n) is 7.03. The molecule has 3 aromatic carbocycles. The lowest BCUT2D eigenvalue weighted by atomic mass is 10.1. The molecule has 4 nitrogen and oxygen atoms in total. The topological polar surface area (TPSA) is 42.7 Å². The van der Waals surface area contributed by atoms with Crippen molar-refractivity contribution in [2.45, 2.75) is 26.1 Å². The first-order chi connectivity index (χ1) is 14.2. The number of halogens is 1. The molecule has 0 unspecified atom stereocenters. The Morgan fingerprint density at radius 2 is 1.52 bits per heavy atom. The standard InChI is InChI=1S/C24H23ClN4/c1-18(20-8-4-2-5-9-20)26-16-23-24(21-10-6-3-7-11-21)28-29(27-23)17-19-12-14-22(25)15-13-19/h2-15,18,26H,16-17H2,1H3/t18-/m1/s1. The van der Waals surface area contributed by atoms with Gasteiger partial charge in [-0.1, -0.05) is 84.4 Å². The molecule has 146 valence electrons. The Labute approximate surface area is 176 Å². The summed E-state index contributed by atoms with van der Waals surface area (Å²) in [5.41, 5.74) is 5.28. The molecule has 0 spiro atoms. The highest BCUT2D eigenvalue weighted by Gasteiger charge is 2.15. The largest absolute Gasteiger partial charge is 0.304 e. The summed E-state index contributed by atoms with van der Waals surface area (Å²) in [6, 6.07) is 28.6. The average Bonchev–Trinajstić information content (AvgIpc) is 3.17. The summed E-state index contributed by atoms with van der Waals surface area (Å²) in [7, 11) is 0. The van der Waals surface area contributed by atoms with E-state index in [0.717, 1.165) is 27.5 Å². The Morgan fingerprint density at radius 3 is 2.21 bits per heavy atom. The van der Waals surface area contributed by atoms with Gasteiger partial charge in [0.25, 0.3) is 0 Å². The Balaban J connectivity index is 1.57. The number of nitrogens with one attached hydrogen (secondary N) is 1. The molecule has 0 radical (unpaired) electrons. The minimum atomic E-state index is 0.223. The van der Waals surface area contributed by atoms with E-state index in [-0.39, 0.29) is 6.04 Å². The zero-order chi connectivity index (χ0) is 20.1. The highest BCUT2D eigenvalue weighted by molar-refractivity contribution is 6.30. The van der Waals surface area contributed by atoms with Crippen LogP contribution in [-0.4, -0.2) is 15.0 Å². The third kappa shape index (κ3) is 4.91. The third-order valence-electron chi connectivity index (χ3n) is 4.88. The monoisotopic (exact) mass is 402 g/mol. The van der Waals surface area contributed by atoms with Crippen molar-refractivity contribution >= 4 is 11.6 Å². The summed E-state index contributed by atoms with van der Waals surface area (Å²) in [6.45, 7) is 3.40. The highest BCUT2D eigenvalue weighted by atomic mass is 35.5. The number of hydrogen-bond donors (Lipinski definition) is 1. The fourth-order valence-corrected chi connectivity index (χ4v) is 3.38. The molecular formula is C24H23ClN4. The van der Waals surface area contributed by atoms with E-state index in [1.54, 1.807) is 4.80 Å². The fraction of sp³-hybridized carbons (Fsp3) is 0.167. The lowest BCUT2D eigenvalue weighted by Crippen LogP contribution is -2.19. The summed E-state index contributed by atoms with van der Waals surface area (Å²) < 4.78 is 0. The van der Waals surface area contributed by atoms with Crippen LogP contribution in [0.3, 0.4) is 0 Å². The SMILES string of the molecule is C[C@@H](NCc1nn(Cc2ccc(Cl)cc2)nc1-c1ccccc1)c1ccccc1. The zero-order valence-corrected chi connectivity index (χ0v) is 17.1. The quantitative estimate of drug-likeness (QED) is 0.444. The van der Waals surface area contributed by atoms with E-state index < -0.39 is 0 Å². The molecular weight excluding hydrogens is 380 g/mol. The van der Waals surface area contributed by atoms with Crippen LogP contribution in [0.4, 0.5) is 0 Å². The maximum atomic E-state index is 6.00. The van der Waals surface area contributed by atoms with Crippen molar-refractivity contribution in [1.82, 2.24) is 20.3 Å². The number of hydrogen-bond acceptors (Lipinski definition) is 3. The van der Waals surface area contributed by atoms with Gasteiger partial charge in [-0.15, -0.1) is 0 Å². The van der Waals surface area contributed by atoms with Gasteiger partial charge in [0.05, 0.1) is 6.54 Å². The fourth-order valence-electron chi connectivity index (χ4n) is 3.25. The molecule has 0 aliphatic heterocycles. The van der Waals surface area contributed by atoms with Gasteiger partial charge in [-0.25, -0.2) is 0 Å². The van der Waals surface area contributed by atoms with Crippen molar-refractivity contribution in [2.75, 3.05) is 0 Å². The second-order valence-corrected chi connectivity index (χ2v) is 7.47. The summed E-state index contributed by atoms with van der Waals surface area (Å²) in [5, 5.41) is 13.9. The van der Waals surface area contributed by atoms with Crippen LogP contribution in [-0.2, 0) is 13.1 Å². The predicted octanol–water partition coefficient (Wildman–Crippen LogP) is 5.50. The first-order valence-corrected chi connectivity index (χ1v) is 10.1. The molecule has 4 rings (SSSR count). The van der Waals surface area contributed by atoms with E-state index >= 15 is 0 Å². The maximum absolute atomic E-state index is 6.00. The van der Waals surface area contributed by atoms with Gasteiger partial charge in [-0.3, -0.25) is 0 Å². The van der Waals surface area contributed by atoms with Gasteiger partial charge in [0.2, 0.25) is 0 Å². The summed E-state index contributed by atoms with van der Waals surface area (Å²) in [6.07, 6.45) is 0. The van der Waals surface area contributed by atoms with Crippen LogP contribution in [0.25, 0.3) is 11.3 Å². The van der Waals surface area contributed by atoms with Crippen LogP contribution in [0, 0.1) is 0 Å². The minimum absolute atomic E-state index is 0.223. The lowest BCUT2D eigenvalue weighted by molar-refractivity contribution is 0.547. The Kier molecular flexibility index (Phi) is 6.03. The van der Waals surface area contributed by atoms with Crippen LogP contribution < -0.4 is 5.32 Å². The van der Waals surface area contributed by atoms with Gasteiger partial charge >= 0.3 is 0 Å². The van der Waals surface area contributed by atoms with Crippen molar-refractivity contribution in [2.24, 2.45) is 0 Å². The zero-order valence-electron chi connectivity index (χ0n) is 16.3. The molecule has 1 aromatic heterocycles. The smallest absolute Gasteiger partial charge is 0.117 e. The van der Waals surface area contributed by atoms with Gasteiger partial charge in [0.15, 0.2) is 0 Å². The van der Waals surface area contributed by atoms with E-state index in [1.165, 1.54) is 5.56 Å². The molecule has 29 heavy (non-hydrogen) atoms. The van der Waals surface area contributed by atoms with E-state index in [1.807, 2.05) is 48.5 Å². The Morgan fingerprint density at radius 1 is 0.862 bits per heavy atom. The highest BCUT2D eigenvalue weighted by Crippen LogP contribution is 2.22. The molecule has 0 amide bonds. The van der Waals surface area contributed by atoms with Gasteiger partial charge in [-0.2, -0.15) is 15.0 Å². The molecule has 0 bridgehead atoms. The van der Waals surface area contributed by atoms with Gasteiger partial charge in [0.1, 0.15) is 11.4 Å². The molecule has 1 N–H and O–H groups in total. The summed E-state index contributed by atoms with van der Waals surface area (Å²) >= 11 is 6.00. The molecule has 4 aromatic rings. The van der Waals surface area contributed by atoms with Crippen molar-refractivity contribution in [3.63, 3.8) is 0 Å². The van der Waals surface area contributed by atoms with Crippen molar-refractivity contribution in [1.29, 1.82) is 0 Å². The Bertz CT molecular complexity index is 1040. The molecule has 0 saturated heterocycles. The van der Waals surface area contributed by atoms with Crippen molar-refractivity contribution < 1.29 is 0 Å². The van der Waals surface area contributed by atoms with Crippen LogP contribution in [0.15, 0.2) is 84.9 Å². The number of aromatic nitrogens is 3. The van der Waals surface area contributed by atoms with E-state index in [0.29, 0.717) is 13.1 Å². The van der Waals surface area contributed by atoms with E-state index in [4.69, 9.17) is 21.8 Å². The molecule has 0 fully saturated rings. The van der Waals surface area contributed by atoms with Gasteiger partial charge < -0.3 is 5.32 Å². The number of benzene rings is 3. The van der Waals surface area contributed by atoms with Gasteiger partial charge in [0, 0.05) is 23.2 Å². The molecule has 1 heterocycles. The minimum Gasteiger partial charge on any atom is -0.304 e. The van der Waals surface area contributed by atoms with Crippen LogP contribution in [0.5, 0.6) is 0 Å². The normalized spacial score (nSPS) is 12.1.